The van der Waals surface area contributed by atoms with E-state index in [0.717, 1.165) is 43.7 Å². The van der Waals surface area contributed by atoms with E-state index in [1.807, 2.05) is 47.3 Å². The number of likely N-dealkylation sites (tertiary alicyclic amines) is 1. The summed E-state index contributed by atoms with van der Waals surface area (Å²) in [6.45, 7) is 5.34. The van der Waals surface area contributed by atoms with Crippen LogP contribution in [0, 0.1) is 17.1 Å². The largest absolute Gasteiger partial charge is 0.371 e. The molecule has 1 aliphatic rings. The Balaban J connectivity index is 1.39. The second-order valence-corrected chi connectivity index (χ2v) is 11.4. The van der Waals surface area contributed by atoms with Gasteiger partial charge < -0.3 is 15.5 Å². The first-order valence-corrected chi connectivity index (χ1v) is 14.9. The number of nitrogens with zero attached hydrogens (tertiary/aromatic N) is 6. The molecule has 8 nitrogen and oxygen atoms in total. The Labute approximate surface area is 259 Å². The first-order chi connectivity index (χ1) is 20.9. The fourth-order valence-electron chi connectivity index (χ4n) is 5.55. The van der Waals surface area contributed by atoms with Gasteiger partial charge in [-0.05, 0) is 55.3 Å². The van der Waals surface area contributed by atoms with E-state index in [2.05, 4.69) is 43.8 Å². The maximum Gasteiger partial charge on any atom is 0.141 e. The lowest BCUT2D eigenvalue weighted by Crippen LogP contribution is -2.34. The van der Waals surface area contributed by atoms with E-state index in [1.54, 1.807) is 12.1 Å². The zero-order valence-electron chi connectivity index (χ0n) is 23.4. The van der Waals surface area contributed by atoms with E-state index in [9.17, 15) is 9.65 Å². The number of nitriles is 1. The Morgan fingerprint density at radius 3 is 2.60 bits per heavy atom. The van der Waals surface area contributed by atoms with Crippen LogP contribution in [-0.2, 0) is 0 Å². The standard InChI is InChI=1S/C32H29Cl2FN8/c1-2-42-12-10-24(11-13-42)43-19-29(40-41-43)31(20-6-4-3-5-7-20)39-28-15-22(33)14-25-30(21(17-36)18-37-32(25)28)38-23-8-9-27(35)26(34)16-23/h3-9,14-16,18-19,24,31,39H,2,10-13H2,1H3,(H,37,38)/t31-/m1/s1. The van der Waals surface area contributed by atoms with Gasteiger partial charge in [-0.2, -0.15) is 5.26 Å². The molecule has 3 heterocycles. The van der Waals surface area contributed by atoms with Crippen molar-refractivity contribution in [2.45, 2.75) is 31.8 Å². The molecule has 218 valence electrons. The predicted molar refractivity (Wildman–Crippen MR) is 168 cm³/mol. The summed E-state index contributed by atoms with van der Waals surface area (Å²) in [6, 6.07) is 20.0. The van der Waals surface area contributed by atoms with E-state index in [1.165, 1.54) is 18.3 Å². The van der Waals surface area contributed by atoms with Gasteiger partial charge in [0, 0.05) is 35.4 Å². The molecule has 0 aliphatic carbocycles. The quantitative estimate of drug-likeness (QED) is 0.184. The highest BCUT2D eigenvalue weighted by atomic mass is 35.5. The SMILES string of the molecule is CCN1CCC(n2cc([C@H](Nc3cc(Cl)cc4c(Nc5ccc(F)c(Cl)c5)c(C#N)cnc34)c3ccccc3)nn2)CC1. The lowest BCUT2D eigenvalue weighted by molar-refractivity contribution is 0.186. The van der Waals surface area contributed by atoms with E-state index >= 15 is 0 Å². The summed E-state index contributed by atoms with van der Waals surface area (Å²) in [7, 11) is 0. The molecule has 1 fully saturated rings. The number of piperidine rings is 1. The predicted octanol–water partition coefficient (Wildman–Crippen LogP) is 7.75. The average molecular weight is 616 g/mol. The van der Waals surface area contributed by atoms with Crippen LogP contribution >= 0.6 is 23.2 Å². The molecule has 0 spiro atoms. The van der Waals surface area contributed by atoms with Gasteiger partial charge >= 0.3 is 0 Å². The summed E-state index contributed by atoms with van der Waals surface area (Å²) in [5.74, 6) is -0.530. The Morgan fingerprint density at radius 1 is 1.09 bits per heavy atom. The van der Waals surface area contributed by atoms with Crippen LogP contribution in [-0.4, -0.2) is 44.5 Å². The number of aromatic nitrogens is 4. The molecular formula is C32H29Cl2FN8. The first kappa shape index (κ1) is 28.9. The number of rotatable bonds is 8. The van der Waals surface area contributed by atoms with Crippen molar-refractivity contribution in [2.75, 3.05) is 30.3 Å². The smallest absolute Gasteiger partial charge is 0.141 e. The molecule has 11 heteroatoms. The van der Waals surface area contributed by atoms with Crippen LogP contribution in [0.25, 0.3) is 10.9 Å². The van der Waals surface area contributed by atoms with Gasteiger partial charge in [0.1, 0.15) is 17.6 Å². The highest BCUT2D eigenvalue weighted by Gasteiger charge is 2.25. The van der Waals surface area contributed by atoms with Crippen molar-refractivity contribution in [1.82, 2.24) is 24.9 Å². The van der Waals surface area contributed by atoms with E-state index in [0.29, 0.717) is 44.6 Å². The van der Waals surface area contributed by atoms with Gasteiger partial charge in [-0.1, -0.05) is 65.7 Å². The van der Waals surface area contributed by atoms with Crippen molar-refractivity contribution in [2.24, 2.45) is 0 Å². The molecule has 1 aliphatic heterocycles. The van der Waals surface area contributed by atoms with Crippen LogP contribution in [0.2, 0.25) is 10.0 Å². The average Bonchev–Trinajstić information content (AvgIpc) is 3.52. The minimum Gasteiger partial charge on any atom is -0.371 e. The van der Waals surface area contributed by atoms with Crippen LogP contribution in [0.3, 0.4) is 0 Å². The van der Waals surface area contributed by atoms with Crippen LogP contribution in [0.5, 0.6) is 0 Å². The minimum absolute atomic E-state index is 0.0306. The molecular weight excluding hydrogens is 586 g/mol. The van der Waals surface area contributed by atoms with E-state index < -0.39 is 5.82 Å². The molecule has 0 radical (unpaired) electrons. The monoisotopic (exact) mass is 614 g/mol. The maximum absolute atomic E-state index is 13.8. The molecule has 5 aromatic rings. The molecule has 0 unspecified atom stereocenters. The van der Waals surface area contributed by atoms with Crippen molar-refractivity contribution in [1.29, 1.82) is 5.26 Å². The summed E-state index contributed by atoms with van der Waals surface area (Å²) in [4.78, 5) is 7.10. The molecule has 43 heavy (non-hydrogen) atoms. The van der Waals surface area contributed by atoms with Crippen molar-refractivity contribution in [3.63, 3.8) is 0 Å². The third-order valence-corrected chi connectivity index (χ3v) is 8.39. The van der Waals surface area contributed by atoms with E-state index in [-0.39, 0.29) is 11.1 Å². The zero-order valence-corrected chi connectivity index (χ0v) is 24.9. The van der Waals surface area contributed by atoms with Gasteiger partial charge in [0.2, 0.25) is 0 Å². The zero-order chi connectivity index (χ0) is 29.9. The van der Waals surface area contributed by atoms with Gasteiger partial charge in [-0.15, -0.1) is 5.10 Å². The molecule has 1 atom stereocenters. The number of halogens is 3. The molecule has 0 bridgehead atoms. The molecule has 2 aromatic heterocycles. The van der Waals surface area contributed by atoms with Crippen molar-refractivity contribution in [3.8, 4) is 6.07 Å². The van der Waals surface area contributed by atoms with Crippen LogP contribution < -0.4 is 10.6 Å². The summed E-state index contributed by atoms with van der Waals surface area (Å²) in [5.41, 5.74) is 4.33. The Bertz CT molecular complexity index is 1800. The number of nitrogens with one attached hydrogen (secondary N) is 2. The summed E-state index contributed by atoms with van der Waals surface area (Å²) >= 11 is 12.7. The number of hydrogen-bond acceptors (Lipinski definition) is 7. The molecule has 0 amide bonds. The highest BCUT2D eigenvalue weighted by molar-refractivity contribution is 6.32. The molecule has 1 saturated heterocycles. The number of benzene rings is 3. The van der Waals surface area contributed by atoms with Crippen LogP contribution in [0.4, 0.5) is 21.5 Å². The highest BCUT2D eigenvalue weighted by Crippen LogP contribution is 2.38. The van der Waals surface area contributed by atoms with Crippen molar-refractivity contribution in [3.05, 3.63) is 106 Å². The van der Waals surface area contributed by atoms with E-state index in [4.69, 9.17) is 23.2 Å². The third-order valence-electron chi connectivity index (χ3n) is 7.88. The summed E-state index contributed by atoms with van der Waals surface area (Å²) in [6.07, 6.45) is 5.58. The third kappa shape index (κ3) is 6.13. The second-order valence-electron chi connectivity index (χ2n) is 10.5. The fraction of sp³-hybridized carbons (Fsp3) is 0.250. The van der Waals surface area contributed by atoms with Gasteiger partial charge in [0.05, 0.1) is 45.8 Å². The minimum atomic E-state index is -0.530. The van der Waals surface area contributed by atoms with Gasteiger partial charge in [-0.25, -0.2) is 9.07 Å². The molecule has 2 N–H and O–H groups in total. The number of hydrogen-bond donors (Lipinski definition) is 2. The number of pyridine rings is 1. The number of anilines is 3. The Kier molecular flexibility index (Phi) is 8.43. The van der Waals surface area contributed by atoms with Gasteiger partial charge in [-0.3, -0.25) is 4.98 Å². The lowest BCUT2D eigenvalue weighted by atomic mass is 10.0. The molecule has 0 saturated carbocycles. The lowest BCUT2D eigenvalue weighted by Gasteiger charge is -2.30. The van der Waals surface area contributed by atoms with Crippen LogP contribution in [0.15, 0.2) is 73.1 Å². The van der Waals surface area contributed by atoms with Gasteiger partial charge in [0.15, 0.2) is 0 Å². The van der Waals surface area contributed by atoms with Gasteiger partial charge in [0.25, 0.3) is 0 Å². The molecule has 6 rings (SSSR count). The van der Waals surface area contributed by atoms with Crippen molar-refractivity contribution >= 4 is 51.2 Å². The maximum atomic E-state index is 13.8. The first-order valence-electron chi connectivity index (χ1n) is 14.1. The summed E-state index contributed by atoms with van der Waals surface area (Å²) < 4.78 is 15.8. The second kappa shape index (κ2) is 12.6. The topological polar surface area (TPSA) is 94.7 Å². The number of fused-ring (bicyclic) bond motifs is 1. The Morgan fingerprint density at radius 2 is 1.88 bits per heavy atom. The van der Waals surface area contributed by atoms with Crippen molar-refractivity contribution < 1.29 is 4.39 Å². The normalized spacial score (nSPS) is 14.9. The molecule has 3 aromatic carbocycles. The Hall–Kier alpha value is -4.23. The fourth-order valence-corrected chi connectivity index (χ4v) is 5.94. The summed E-state index contributed by atoms with van der Waals surface area (Å²) in [5, 5.41) is 26.9. The van der Waals surface area contributed by atoms with Crippen LogP contribution in [0.1, 0.15) is 48.7 Å².